The first-order valence-corrected chi connectivity index (χ1v) is 9.09. The van der Waals surface area contributed by atoms with Crippen LogP contribution in [0.25, 0.3) is 0 Å². The molecule has 3 aromatic rings. The molecule has 0 atom stereocenters. The number of carbonyl (C=O) groups excluding carboxylic acids is 2. The predicted molar refractivity (Wildman–Crippen MR) is 101 cm³/mol. The number of hydrogen-bond acceptors (Lipinski definition) is 2. The Kier molecular flexibility index (Phi) is 3.39. The topological polar surface area (TPSA) is 34.1 Å². The van der Waals surface area contributed by atoms with Crippen molar-refractivity contribution in [2.24, 2.45) is 5.92 Å². The minimum Gasteiger partial charge on any atom is -0.293 e. The predicted octanol–water partition coefficient (Wildman–Crippen LogP) is 4.61. The second-order valence-corrected chi connectivity index (χ2v) is 7.13. The van der Waals surface area contributed by atoms with Crippen molar-refractivity contribution in [2.45, 2.75) is 18.8 Å². The van der Waals surface area contributed by atoms with E-state index >= 15 is 0 Å². The van der Waals surface area contributed by atoms with E-state index in [4.69, 9.17) is 0 Å². The third-order valence-electron chi connectivity index (χ3n) is 5.80. The van der Waals surface area contributed by atoms with Crippen LogP contribution in [0.2, 0.25) is 0 Å². The largest absolute Gasteiger partial charge is 0.293 e. The highest BCUT2D eigenvalue weighted by atomic mass is 16.2. The van der Waals surface area contributed by atoms with Gasteiger partial charge in [0.05, 0.1) is 5.92 Å². The molecule has 0 aliphatic heterocycles. The summed E-state index contributed by atoms with van der Waals surface area (Å²) in [6.07, 6.45) is 1.87. The molecule has 2 aliphatic carbocycles. The van der Waals surface area contributed by atoms with E-state index < -0.39 is 5.92 Å². The first-order chi connectivity index (χ1) is 12.8. The SMILES string of the molecule is O=C1c2ccccc2C(=O)C1C1c2ccccc2CCc2ccccc21. The van der Waals surface area contributed by atoms with Gasteiger partial charge in [-0.15, -0.1) is 0 Å². The highest BCUT2D eigenvalue weighted by molar-refractivity contribution is 6.27. The van der Waals surface area contributed by atoms with Crippen molar-refractivity contribution in [2.75, 3.05) is 0 Å². The number of benzene rings is 3. The van der Waals surface area contributed by atoms with Crippen molar-refractivity contribution in [3.8, 4) is 0 Å². The van der Waals surface area contributed by atoms with Crippen LogP contribution in [0.15, 0.2) is 72.8 Å². The van der Waals surface area contributed by atoms with Gasteiger partial charge >= 0.3 is 0 Å². The summed E-state index contributed by atoms with van der Waals surface area (Å²) in [5, 5.41) is 0. The molecule has 0 saturated carbocycles. The molecule has 2 aliphatic rings. The van der Waals surface area contributed by atoms with Gasteiger partial charge in [0, 0.05) is 17.0 Å². The quantitative estimate of drug-likeness (QED) is 0.607. The fourth-order valence-electron chi connectivity index (χ4n) is 4.60. The number of Topliss-reactive ketones (excluding diaryl/α,β-unsaturated/α-hetero) is 2. The summed E-state index contributed by atoms with van der Waals surface area (Å²) in [5.41, 5.74) is 5.87. The Morgan fingerprint density at radius 3 is 1.46 bits per heavy atom. The van der Waals surface area contributed by atoms with E-state index in [0.29, 0.717) is 11.1 Å². The maximum atomic E-state index is 13.2. The van der Waals surface area contributed by atoms with Crippen LogP contribution in [-0.2, 0) is 12.8 Å². The van der Waals surface area contributed by atoms with Gasteiger partial charge in [0.15, 0.2) is 11.6 Å². The lowest BCUT2D eigenvalue weighted by Gasteiger charge is -2.24. The third kappa shape index (κ3) is 2.12. The number of carbonyl (C=O) groups is 2. The van der Waals surface area contributed by atoms with E-state index in [1.807, 2.05) is 36.4 Å². The van der Waals surface area contributed by atoms with Crippen molar-refractivity contribution < 1.29 is 9.59 Å². The number of aryl methyl sites for hydroxylation is 2. The van der Waals surface area contributed by atoms with Crippen molar-refractivity contribution in [1.82, 2.24) is 0 Å². The number of hydrogen-bond donors (Lipinski definition) is 0. The highest BCUT2D eigenvalue weighted by Gasteiger charge is 2.45. The molecule has 0 heterocycles. The summed E-state index contributed by atoms with van der Waals surface area (Å²) in [6.45, 7) is 0. The van der Waals surface area contributed by atoms with E-state index in [2.05, 4.69) is 24.3 Å². The Balaban J connectivity index is 1.75. The van der Waals surface area contributed by atoms with E-state index in [-0.39, 0.29) is 17.5 Å². The lowest BCUT2D eigenvalue weighted by Crippen LogP contribution is -2.25. The summed E-state index contributed by atoms with van der Waals surface area (Å²) < 4.78 is 0. The Hall–Kier alpha value is -3.00. The monoisotopic (exact) mass is 338 g/mol. The van der Waals surface area contributed by atoms with Crippen LogP contribution in [0.1, 0.15) is 48.9 Å². The van der Waals surface area contributed by atoms with Crippen LogP contribution < -0.4 is 0 Å². The number of rotatable bonds is 1. The number of fused-ring (bicyclic) bond motifs is 3. The second-order valence-electron chi connectivity index (χ2n) is 7.13. The van der Waals surface area contributed by atoms with E-state index in [1.165, 1.54) is 11.1 Å². The van der Waals surface area contributed by atoms with Crippen LogP contribution in [0.3, 0.4) is 0 Å². The molecule has 2 heteroatoms. The highest BCUT2D eigenvalue weighted by Crippen LogP contribution is 2.44. The molecule has 126 valence electrons. The molecule has 0 saturated heterocycles. The maximum Gasteiger partial charge on any atom is 0.175 e. The van der Waals surface area contributed by atoms with Crippen LogP contribution in [-0.4, -0.2) is 11.6 Å². The van der Waals surface area contributed by atoms with Crippen LogP contribution in [0, 0.1) is 5.92 Å². The minimum atomic E-state index is -0.659. The van der Waals surface area contributed by atoms with Crippen molar-refractivity contribution in [1.29, 1.82) is 0 Å². The molecule has 0 N–H and O–H groups in total. The standard InChI is InChI=1S/C24H18O2/c25-23-19-11-5-6-12-20(19)24(26)22(23)21-17-9-3-1-7-15(17)13-14-16-8-2-4-10-18(16)21/h1-12,21-22H,13-14H2. The lowest BCUT2D eigenvalue weighted by molar-refractivity contribution is 0.0825. The average Bonchev–Trinajstić information content (AvgIpc) is 2.84. The minimum absolute atomic E-state index is 0.0397. The molecule has 3 aromatic carbocycles. The Morgan fingerprint density at radius 2 is 0.962 bits per heavy atom. The second kappa shape index (κ2) is 5.77. The van der Waals surface area contributed by atoms with Gasteiger partial charge in [-0.25, -0.2) is 0 Å². The molecular weight excluding hydrogens is 320 g/mol. The Morgan fingerprint density at radius 1 is 0.538 bits per heavy atom. The zero-order valence-corrected chi connectivity index (χ0v) is 14.3. The van der Waals surface area contributed by atoms with Gasteiger partial charge in [0.1, 0.15) is 0 Å². The summed E-state index contributed by atoms with van der Waals surface area (Å²) in [7, 11) is 0. The van der Waals surface area contributed by atoms with E-state index in [0.717, 1.165) is 24.0 Å². The fourth-order valence-corrected chi connectivity index (χ4v) is 4.60. The summed E-state index contributed by atoms with van der Waals surface area (Å²) in [4.78, 5) is 26.4. The van der Waals surface area contributed by atoms with Crippen LogP contribution in [0.4, 0.5) is 0 Å². The summed E-state index contributed by atoms with van der Waals surface area (Å²) >= 11 is 0. The van der Waals surface area contributed by atoms with Gasteiger partial charge in [0.25, 0.3) is 0 Å². The zero-order chi connectivity index (χ0) is 17.7. The van der Waals surface area contributed by atoms with Crippen molar-refractivity contribution >= 4 is 11.6 Å². The van der Waals surface area contributed by atoms with Gasteiger partial charge in [-0.05, 0) is 35.1 Å². The van der Waals surface area contributed by atoms with Crippen LogP contribution in [0.5, 0.6) is 0 Å². The van der Waals surface area contributed by atoms with Gasteiger partial charge in [-0.2, -0.15) is 0 Å². The first kappa shape index (κ1) is 15.3. The van der Waals surface area contributed by atoms with Gasteiger partial charge in [-0.3, -0.25) is 9.59 Å². The molecule has 0 spiro atoms. The Bertz CT molecular complexity index is 965. The van der Waals surface area contributed by atoms with Crippen molar-refractivity contribution in [3.05, 3.63) is 106 Å². The maximum absolute atomic E-state index is 13.2. The third-order valence-corrected chi connectivity index (χ3v) is 5.80. The fraction of sp³-hybridized carbons (Fsp3) is 0.167. The summed E-state index contributed by atoms with van der Waals surface area (Å²) in [5.74, 6) is -0.950. The molecule has 5 rings (SSSR count). The zero-order valence-electron chi connectivity index (χ0n) is 14.3. The van der Waals surface area contributed by atoms with Gasteiger partial charge in [-0.1, -0.05) is 72.8 Å². The molecular formula is C24H18O2. The van der Waals surface area contributed by atoms with E-state index in [1.54, 1.807) is 12.1 Å². The summed E-state index contributed by atoms with van der Waals surface area (Å²) in [6, 6.07) is 23.8. The molecule has 0 fully saturated rings. The van der Waals surface area contributed by atoms with E-state index in [9.17, 15) is 9.59 Å². The normalized spacial score (nSPS) is 16.8. The Labute approximate surface area is 152 Å². The van der Waals surface area contributed by atoms with Crippen molar-refractivity contribution in [3.63, 3.8) is 0 Å². The molecule has 0 amide bonds. The smallest absolute Gasteiger partial charge is 0.175 e. The molecule has 0 unspecified atom stereocenters. The molecule has 0 bridgehead atoms. The molecule has 2 nitrogen and oxygen atoms in total. The van der Waals surface area contributed by atoms with Crippen LogP contribution >= 0.6 is 0 Å². The molecule has 0 aromatic heterocycles. The first-order valence-electron chi connectivity index (χ1n) is 9.09. The van der Waals surface area contributed by atoms with Gasteiger partial charge < -0.3 is 0 Å². The lowest BCUT2D eigenvalue weighted by atomic mass is 9.76. The average molecular weight is 338 g/mol. The molecule has 0 radical (unpaired) electrons. The number of ketones is 2. The van der Waals surface area contributed by atoms with Gasteiger partial charge in [0.2, 0.25) is 0 Å². The molecule has 26 heavy (non-hydrogen) atoms.